The van der Waals surface area contributed by atoms with E-state index in [9.17, 15) is 9.59 Å². The van der Waals surface area contributed by atoms with Gasteiger partial charge in [0.15, 0.2) is 0 Å². The Labute approximate surface area is 94.8 Å². The number of carboxylic acid groups (broad SMARTS) is 1. The number of fused-ring (bicyclic) bond motifs is 1. The van der Waals surface area contributed by atoms with Gasteiger partial charge in [0, 0.05) is 11.8 Å². The monoisotopic (exact) mass is 238 g/mol. The van der Waals surface area contributed by atoms with E-state index in [4.69, 9.17) is 5.11 Å². The molecule has 0 bridgehead atoms. The molecule has 2 N–H and O–H groups in total. The number of carboxylic acids is 1. The molecule has 2 aromatic rings. The molecule has 16 heavy (non-hydrogen) atoms. The summed E-state index contributed by atoms with van der Waals surface area (Å²) in [4.78, 5) is 29.9. The van der Waals surface area contributed by atoms with E-state index in [0.717, 1.165) is 6.42 Å². The molecule has 0 aliphatic rings. The van der Waals surface area contributed by atoms with Crippen molar-refractivity contribution >= 4 is 27.5 Å². The van der Waals surface area contributed by atoms with E-state index in [1.807, 2.05) is 6.92 Å². The first kappa shape index (κ1) is 10.8. The lowest BCUT2D eigenvalue weighted by Gasteiger charge is -1.98. The summed E-state index contributed by atoms with van der Waals surface area (Å²) >= 11 is 1.18. The van der Waals surface area contributed by atoms with Gasteiger partial charge in [-0.15, -0.1) is 11.3 Å². The minimum Gasteiger partial charge on any atom is -0.478 e. The Morgan fingerprint density at radius 3 is 3.00 bits per heavy atom. The Hall–Kier alpha value is -1.69. The fourth-order valence-corrected chi connectivity index (χ4v) is 2.44. The molecule has 0 saturated heterocycles. The first-order valence-electron chi connectivity index (χ1n) is 4.87. The van der Waals surface area contributed by atoms with E-state index in [2.05, 4.69) is 9.97 Å². The number of rotatable bonds is 3. The number of nitrogens with zero attached hydrogens (tertiary/aromatic N) is 1. The summed E-state index contributed by atoms with van der Waals surface area (Å²) in [7, 11) is 0. The van der Waals surface area contributed by atoms with Gasteiger partial charge in [-0.3, -0.25) is 4.79 Å². The van der Waals surface area contributed by atoms with E-state index >= 15 is 0 Å². The quantitative estimate of drug-likeness (QED) is 0.851. The van der Waals surface area contributed by atoms with Crippen molar-refractivity contribution < 1.29 is 9.90 Å². The van der Waals surface area contributed by atoms with Crippen LogP contribution < -0.4 is 5.56 Å². The van der Waals surface area contributed by atoms with Crippen LogP contribution in [0.15, 0.2) is 10.2 Å². The van der Waals surface area contributed by atoms with Crippen LogP contribution in [0.5, 0.6) is 0 Å². The molecule has 0 fully saturated rings. The molecular weight excluding hydrogens is 228 g/mol. The molecule has 0 atom stereocenters. The predicted molar refractivity (Wildman–Crippen MR) is 61.2 cm³/mol. The maximum absolute atomic E-state index is 11.7. The molecule has 0 aliphatic heterocycles. The number of hydrogen-bond donors (Lipinski definition) is 2. The van der Waals surface area contributed by atoms with Crippen LogP contribution in [0.2, 0.25) is 0 Å². The number of H-pyrrole nitrogens is 1. The van der Waals surface area contributed by atoms with Gasteiger partial charge in [-0.1, -0.05) is 6.92 Å². The van der Waals surface area contributed by atoms with Crippen LogP contribution in [0.3, 0.4) is 0 Å². The maximum atomic E-state index is 11.7. The number of aryl methyl sites for hydroxylation is 1. The van der Waals surface area contributed by atoms with E-state index < -0.39 is 5.97 Å². The average Bonchev–Trinajstić information content (AvgIpc) is 2.62. The lowest BCUT2D eigenvalue weighted by molar-refractivity contribution is 0.0699. The third-order valence-electron chi connectivity index (χ3n) is 2.21. The number of aromatic amines is 1. The Kier molecular flexibility index (Phi) is 2.74. The molecule has 84 valence electrons. The van der Waals surface area contributed by atoms with Gasteiger partial charge < -0.3 is 10.1 Å². The van der Waals surface area contributed by atoms with E-state index in [0.29, 0.717) is 17.1 Å². The molecule has 0 spiro atoms. The smallest absolute Gasteiger partial charge is 0.337 e. The molecule has 0 aliphatic carbocycles. The summed E-state index contributed by atoms with van der Waals surface area (Å²) in [6.07, 6.45) is 1.57. The molecule has 0 aromatic carbocycles. The normalized spacial score (nSPS) is 10.8. The van der Waals surface area contributed by atoms with Gasteiger partial charge in [0.1, 0.15) is 10.7 Å². The second-order valence-electron chi connectivity index (χ2n) is 3.40. The van der Waals surface area contributed by atoms with Crippen molar-refractivity contribution in [2.45, 2.75) is 19.8 Å². The number of aromatic nitrogens is 2. The molecule has 2 aromatic heterocycles. The van der Waals surface area contributed by atoms with Crippen LogP contribution in [0.25, 0.3) is 10.2 Å². The Balaban J connectivity index is 2.69. The van der Waals surface area contributed by atoms with Crippen LogP contribution >= 0.6 is 11.3 Å². The van der Waals surface area contributed by atoms with Crippen LogP contribution in [0.4, 0.5) is 0 Å². The van der Waals surface area contributed by atoms with Crippen molar-refractivity contribution in [3.8, 4) is 0 Å². The summed E-state index contributed by atoms with van der Waals surface area (Å²) in [5.74, 6) is -0.486. The summed E-state index contributed by atoms with van der Waals surface area (Å²) in [5.41, 5.74) is -0.344. The zero-order chi connectivity index (χ0) is 11.7. The average molecular weight is 238 g/mol. The van der Waals surface area contributed by atoms with Crippen molar-refractivity contribution in [3.63, 3.8) is 0 Å². The molecule has 2 rings (SSSR count). The van der Waals surface area contributed by atoms with E-state index in [1.165, 1.54) is 16.7 Å². The third kappa shape index (κ3) is 1.71. The Bertz CT molecular complexity index is 600. The van der Waals surface area contributed by atoms with Crippen molar-refractivity contribution in [1.29, 1.82) is 0 Å². The van der Waals surface area contributed by atoms with Crippen LogP contribution in [-0.4, -0.2) is 21.0 Å². The standard InChI is InChI=1S/C10H10N2O3S/c1-2-3-6-11-8(13)7-5(10(14)15)4-16-9(7)12-6/h4H,2-3H2,1H3,(H,14,15)(H,11,12,13). The third-order valence-corrected chi connectivity index (χ3v) is 3.08. The highest BCUT2D eigenvalue weighted by atomic mass is 32.1. The summed E-state index contributed by atoms with van der Waals surface area (Å²) < 4.78 is 0. The first-order valence-corrected chi connectivity index (χ1v) is 5.75. The Morgan fingerprint density at radius 2 is 2.38 bits per heavy atom. The number of nitrogens with one attached hydrogen (secondary N) is 1. The topological polar surface area (TPSA) is 83.0 Å². The van der Waals surface area contributed by atoms with Crippen LogP contribution in [0, 0.1) is 0 Å². The number of carbonyl (C=O) groups is 1. The van der Waals surface area contributed by atoms with Crippen molar-refractivity contribution in [2.75, 3.05) is 0 Å². The van der Waals surface area contributed by atoms with Gasteiger partial charge in [0.2, 0.25) is 0 Å². The molecule has 0 amide bonds. The molecule has 6 heteroatoms. The summed E-state index contributed by atoms with van der Waals surface area (Å²) in [6.45, 7) is 1.99. The van der Waals surface area contributed by atoms with Gasteiger partial charge >= 0.3 is 5.97 Å². The predicted octanol–water partition coefficient (Wildman–Crippen LogP) is 1.64. The lowest BCUT2D eigenvalue weighted by atomic mass is 10.2. The number of aromatic carboxylic acids is 1. The first-order chi connectivity index (χ1) is 7.63. The SMILES string of the molecule is CCCc1nc2scc(C(=O)O)c2c(=O)[nH]1. The largest absolute Gasteiger partial charge is 0.478 e. The zero-order valence-corrected chi connectivity index (χ0v) is 9.43. The number of thiophene rings is 1. The molecular formula is C10H10N2O3S. The summed E-state index contributed by atoms with van der Waals surface area (Å²) in [6, 6.07) is 0. The zero-order valence-electron chi connectivity index (χ0n) is 8.61. The molecule has 0 unspecified atom stereocenters. The van der Waals surface area contributed by atoms with Crippen LogP contribution in [0.1, 0.15) is 29.5 Å². The lowest BCUT2D eigenvalue weighted by Crippen LogP contribution is -2.13. The van der Waals surface area contributed by atoms with E-state index in [1.54, 1.807) is 0 Å². The molecule has 0 saturated carbocycles. The highest BCUT2D eigenvalue weighted by Gasteiger charge is 2.15. The van der Waals surface area contributed by atoms with Crippen molar-refractivity contribution in [1.82, 2.24) is 9.97 Å². The fourth-order valence-electron chi connectivity index (χ4n) is 1.51. The van der Waals surface area contributed by atoms with E-state index in [-0.39, 0.29) is 16.5 Å². The minimum absolute atomic E-state index is 0.0248. The van der Waals surface area contributed by atoms with Gasteiger partial charge in [-0.05, 0) is 6.42 Å². The second-order valence-corrected chi connectivity index (χ2v) is 4.26. The highest BCUT2D eigenvalue weighted by Crippen LogP contribution is 2.20. The van der Waals surface area contributed by atoms with Crippen molar-refractivity contribution in [3.05, 3.63) is 27.1 Å². The van der Waals surface area contributed by atoms with Gasteiger partial charge in [-0.25, -0.2) is 9.78 Å². The van der Waals surface area contributed by atoms with Gasteiger partial charge in [0.05, 0.1) is 10.9 Å². The Morgan fingerprint density at radius 1 is 1.62 bits per heavy atom. The second kappa shape index (κ2) is 4.05. The molecule has 2 heterocycles. The number of hydrogen-bond acceptors (Lipinski definition) is 4. The fraction of sp³-hybridized carbons (Fsp3) is 0.300. The van der Waals surface area contributed by atoms with Crippen LogP contribution in [-0.2, 0) is 6.42 Å². The summed E-state index contributed by atoms with van der Waals surface area (Å²) in [5, 5.41) is 10.5. The maximum Gasteiger partial charge on any atom is 0.337 e. The molecule has 0 radical (unpaired) electrons. The minimum atomic E-state index is -1.10. The molecule has 5 nitrogen and oxygen atoms in total. The highest BCUT2D eigenvalue weighted by molar-refractivity contribution is 7.17. The van der Waals surface area contributed by atoms with Crippen molar-refractivity contribution in [2.24, 2.45) is 0 Å². The van der Waals surface area contributed by atoms with Gasteiger partial charge in [-0.2, -0.15) is 0 Å². The van der Waals surface area contributed by atoms with Gasteiger partial charge in [0.25, 0.3) is 5.56 Å².